The van der Waals surface area contributed by atoms with Crippen LogP contribution >= 0.6 is 0 Å². The van der Waals surface area contributed by atoms with Gasteiger partial charge in [-0.3, -0.25) is 0 Å². The number of rotatable bonds is 8. The van der Waals surface area contributed by atoms with E-state index in [0.29, 0.717) is 18.0 Å². The van der Waals surface area contributed by atoms with Gasteiger partial charge in [-0.25, -0.2) is 4.79 Å². The first kappa shape index (κ1) is 22.4. The molecule has 0 saturated heterocycles. The molecule has 1 heterocycles. The van der Waals surface area contributed by atoms with Gasteiger partial charge in [0.25, 0.3) is 0 Å². The van der Waals surface area contributed by atoms with Crippen molar-refractivity contribution >= 4 is 11.7 Å². The molecule has 0 bridgehead atoms. The van der Waals surface area contributed by atoms with Crippen LogP contribution in [-0.2, 0) is 6.42 Å². The minimum Gasteiger partial charge on any atom is -0.494 e. The van der Waals surface area contributed by atoms with Crippen LogP contribution in [0.5, 0.6) is 17.2 Å². The third-order valence-electron chi connectivity index (χ3n) is 4.70. The number of anilines is 1. The summed E-state index contributed by atoms with van der Waals surface area (Å²) in [6.45, 7) is 7.39. The first-order valence-corrected chi connectivity index (χ1v) is 10.6. The van der Waals surface area contributed by atoms with Crippen molar-refractivity contribution in [3.8, 4) is 29.1 Å². The van der Waals surface area contributed by atoms with Gasteiger partial charge in [-0.1, -0.05) is 37.3 Å². The van der Waals surface area contributed by atoms with Crippen molar-refractivity contribution in [3.63, 3.8) is 0 Å². The molecule has 164 valence electrons. The fourth-order valence-corrected chi connectivity index (χ4v) is 3.20. The van der Waals surface area contributed by atoms with Crippen LogP contribution in [0.25, 0.3) is 0 Å². The minimum absolute atomic E-state index is 0.215. The van der Waals surface area contributed by atoms with Crippen molar-refractivity contribution in [2.45, 2.75) is 45.6 Å². The lowest BCUT2D eigenvalue weighted by molar-refractivity contribution is 0.133. The Balaban J connectivity index is 1.37. The molecular weight excluding hydrogens is 392 g/mol. The van der Waals surface area contributed by atoms with Gasteiger partial charge in [0.1, 0.15) is 18.0 Å². The molecule has 31 heavy (non-hydrogen) atoms. The molecule has 0 unspecified atom stereocenters. The van der Waals surface area contributed by atoms with E-state index in [0.717, 1.165) is 36.3 Å². The van der Waals surface area contributed by atoms with Crippen molar-refractivity contribution in [2.75, 3.05) is 25.1 Å². The number of nitrogens with one attached hydrogen (secondary N) is 2. The molecule has 0 radical (unpaired) electrons. The monoisotopic (exact) mass is 422 g/mol. The van der Waals surface area contributed by atoms with Gasteiger partial charge >= 0.3 is 6.03 Å². The fraction of sp³-hybridized carbons (Fsp3) is 0.400. The summed E-state index contributed by atoms with van der Waals surface area (Å²) in [4.78, 5) is 12.0. The van der Waals surface area contributed by atoms with Crippen LogP contribution in [0.3, 0.4) is 0 Å². The Morgan fingerprint density at radius 3 is 2.71 bits per heavy atom. The predicted octanol–water partition coefficient (Wildman–Crippen LogP) is 4.78. The Morgan fingerprint density at radius 2 is 1.94 bits per heavy atom. The van der Waals surface area contributed by atoms with Crippen LogP contribution in [0.2, 0.25) is 0 Å². The first-order valence-electron chi connectivity index (χ1n) is 10.6. The Hall–Kier alpha value is -3.33. The van der Waals surface area contributed by atoms with E-state index in [9.17, 15) is 4.79 Å². The second-order valence-electron chi connectivity index (χ2n) is 7.96. The number of amides is 2. The molecule has 6 nitrogen and oxygen atoms in total. The Labute approximate surface area is 184 Å². The predicted molar refractivity (Wildman–Crippen MR) is 122 cm³/mol. The van der Waals surface area contributed by atoms with E-state index in [1.807, 2.05) is 36.4 Å². The normalized spacial score (nSPS) is 13.3. The van der Waals surface area contributed by atoms with Crippen molar-refractivity contribution in [3.05, 3.63) is 48.0 Å². The zero-order chi connectivity index (χ0) is 22.1. The zero-order valence-corrected chi connectivity index (χ0v) is 18.4. The van der Waals surface area contributed by atoms with Crippen LogP contribution in [0.4, 0.5) is 10.5 Å². The molecular formula is C25H30N2O4. The number of unbranched alkanes of at least 4 members (excludes halogenated alkanes) is 1. The molecule has 2 N–H and O–H groups in total. The van der Waals surface area contributed by atoms with Crippen molar-refractivity contribution in [1.29, 1.82) is 0 Å². The summed E-state index contributed by atoms with van der Waals surface area (Å²) in [5, 5.41) is 5.47. The van der Waals surface area contributed by atoms with Crippen molar-refractivity contribution < 1.29 is 19.0 Å². The molecule has 0 saturated carbocycles. The highest BCUT2D eigenvalue weighted by atomic mass is 16.5. The molecule has 0 fully saturated rings. The Bertz CT molecular complexity index is 942. The molecule has 1 aliphatic heterocycles. The highest BCUT2D eigenvalue weighted by Gasteiger charge is 2.32. The van der Waals surface area contributed by atoms with E-state index >= 15 is 0 Å². The lowest BCUT2D eigenvalue weighted by atomic mass is 10.0. The van der Waals surface area contributed by atoms with Crippen LogP contribution in [0.15, 0.2) is 42.5 Å². The molecule has 6 heteroatoms. The van der Waals surface area contributed by atoms with Gasteiger partial charge in [0.15, 0.2) is 11.5 Å². The lowest BCUT2D eigenvalue weighted by Gasteiger charge is -2.17. The number of para-hydroxylation sites is 1. The van der Waals surface area contributed by atoms with E-state index in [1.54, 1.807) is 0 Å². The summed E-state index contributed by atoms with van der Waals surface area (Å²) in [6, 6.07) is 12.9. The second-order valence-corrected chi connectivity index (χ2v) is 7.96. The third-order valence-corrected chi connectivity index (χ3v) is 4.70. The van der Waals surface area contributed by atoms with E-state index in [4.69, 9.17) is 14.2 Å². The van der Waals surface area contributed by atoms with E-state index in [1.165, 1.54) is 0 Å². The van der Waals surface area contributed by atoms with Crippen molar-refractivity contribution in [1.82, 2.24) is 5.32 Å². The van der Waals surface area contributed by atoms with Gasteiger partial charge in [-0.05, 0) is 50.6 Å². The summed E-state index contributed by atoms with van der Waals surface area (Å²) in [5.41, 5.74) is 1.62. The number of benzene rings is 2. The Morgan fingerprint density at radius 1 is 1.13 bits per heavy atom. The summed E-state index contributed by atoms with van der Waals surface area (Å²) < 4.78 is 17.3. The summed E-state index contributed by atoms with van der Waals surface area (Å²) in [5.74, 6) is 8.09. The van der Waals surface area contributed by atoms with E-state index < -0.39 is 0 Å². The molecule has 1 aliphatic rings. The van der Waals surface area contributed by atoms with Gasteiger partial charge in [0.2, 0.25) is 0 Å². The summed E-state index contributed by atoms with van der Waals surface area (Å²) >= 11 is 0. The number of carbonyl (C=O) groups is 1. The SMILES string of the molecule is CCCCOc1ccc(NC(=O)NCC#CCOc2cccc3c2OC(C)(C)C3)cc1. The quantitative estimate of drug-likeness (QED) is 0.474. The van der Waals surface area contributed by atoms with Gasteiger partial charge < -0.3 is 24.8 Å². The topological polar surface area (TPSA) is 68.8 Å². The first-order chi connectivity index (χ1) is 15.0. The second kappa shape index (κ2) is 10.6. The van der Waals surface area contributed by atoms with Gasteiger partial charge in [0, 0.05) is 17.7 Å². The van der Waals surface area contributed by atoms with E-state index in [-0.39, 0.29) is 24.8 Å². The molecule has 2 aromatic rings. The van der Waals surface area contributed by atoms with Crippen LogP contribution in [-0.4, -0.2) is 31.4 Å². The molecule has 2 amide bonds. The molecule has 2 aromatic carbocycles. The lowest BCUT2D eigenvalue weighted by Crippen LogP contribution is -2.28. The number of hydrogen-bond donors (Lipinski definition) is 2. The molecule has 3 rings (SSSR count). The van der Waals surface area contributed by atoms with Crippen LogP contribution in [0.1, 0.15) is 39.2 Å². The highest BCUT2D eigenvalue weighted by Crippen LogP contribution is 2.41. The number of hydrogen-bond acceptors (Lipinski definition) is 4. The molecule has 0 aromatic heterocycles. The standard InChI is InChI=1S/C25H30N2O4/c1-4-5-16-29-21-13-11-20(12-14-21)27-24(28)26-15-6-7-17-30-22-10-8-9-19-18-25(2,3)31-23(19)22/h8-14H,4-5,15-18H2,1-3H3,(H2,26,27,28). The summed E-state index contributed by atoms with van der Waals surface area (Å²) in [7, 11) is 0. The number of ether oxygens (including phenoxy) is 3. The van der Waals surface area contributed by atoms with Crippen molar-refractivity contribution in [2.24, 2.45) is 0 Å². The Kier molecular flexibility index (Phi) is 7.66. The van der Waals surface area contributed by atoms with Crippen LogP contribution < -0.4 is 24.8 Å². The fourth-order valence-electron chi connectivity index (χ4n) is 3.20. The molecule has 0 aliphatic carbocycles. The minimum atomic E-state index is -0.314. The van der Waals surface area contributed by atoms with Gasteiger partial charge in [-0.15, -0.1) is 0 Å². The van der Waals surface area contributed by atoms with Crippen LogP contribution in [0, 0.1) is 11.8 Å². The highest BCUT2D eigenvalue weighted by molar-refractivity contribution is 5.89. The zero-order valence-electron chi connectivity index (χ0n) is 18.4. The number of carbonyl (C=O) groups excluding carboxylic acids is 1. The third kappa shape index (κ3) is 6.85. The summed E-state index contributed by atoms with van der Waals surface area (Å²) in [6.07, 6.45) is 2.97. The average molecular weight is 423 g/mol. The average Bonchev–Trinajstić information content (AvgIpc) is 3.06. The van der Waals surface area contributed by atoms with Gasteiger partial charge in [-0.2, -0.15) is 0 Å². The maximum Gasteiger partial charge on any atom is 0.319 e. The maximum atomic E-state index is 12.0. The smallest absolute Gasteiger partial charge is 0.319 e. The largest absolute Gasteiger partial charge is 0.494 e. The number of urea groups is 1. The van der Waals surface area contributed by atoms with E-state index in [2.05, 4.69) is 49.3 Å². The molecule has 0 spiro atoms. The molecule has 0 atom stereocenters. The number of fused-ring (bicyclic) bond motifs is 1. The maximum absolute atomic E-state index is 12.0. The van der Waals surface area contributed by atoms with Gasteiger partial charge in [0.05, 0.1) is 13.2 Å².